The Labute approximate surface area is 53.1 Å². The molecule has 9 heavy (non-hydrogen) atoms. The number of aromatic nitrogens is 2. The lowest BCUT2D eigenvalue weighted by Crippen LogP contribution is -2.09. The predicted molar refractivity (Wildman–Crippen MR) is 33.5 cm³/mol. The van der Waals surface area contributed by atoms with E-state index in [9.17, 15) is 0 Å². The van der Waals surface area contributed by atoms with Gasteiger partial charge in [0.15, 0.2) is 5.82 Å². The maximum Gasteiger partial charge on any atom is 0.151 e. The lowest BCUT2D eigenvalue weighted by atomic mass is 10.5. The summed E-state index contributed by atoms with van der Waals surface area (Å²) in [4.78, 5) is 8.01. The SMILES string of the molecule is [c]1cn2c(n1)C=NCC2. The molecule has 3 nitrogen and oxygen atoms in total. The monoisotopic (exact) mass is 120 g/mol. The Bertz CT molecular complexity index is 236. The summed E-state index contributed by atoms with van der Waals surface area (Å²) in [5.74, 6) is 0.918. The van der Waals surface area contributed by atoms with Crippen LogP contribution < -0.4 is 0 Å². The van der Waals surface area contributed by atoms with Crippen molar-refractivity contribution >= 4 is 6.21 Å². The molecule has 2 heterocycles. The molecule has 45 valence electrons. The average Bonchev–Trinajstić information content (AvgIpc) is 2.33. The van der Waals surface area contributed by atoms with E-state index >= 15 is 0 Å². The van der Waals surface area contributed by atoms with E-state index in [1.165, 1.54) is 0 Å². The summed E-state index contributed by atoms with van der Waals surface area (Å²) in [5.41, 5.74) is 0. The minimum absolute atomic E-state index is 0.872. The van der Waals surface area contributed by atoms with Gasteiger partial charge in [-0.1, -0.05) is 0 Å². The van der Waals surface area contributed by atoms with Gasteiger partial charge < -0.3 is 4.57 Å². The minimum Gasteiger partial charge on any atom is -0.328 e. The molecule has 0 aliphatic carbocycles. The first-order chi connectivity index (χ1) is 4.47. The summed E-state index contributed by atoms with van der Waals surface area (Å²) >= 11 is 0. The van der Waals surface area contributed by atoms with Crippen LogP contribution in [-0.2, 0) is 6.54 Å². The van der Waals surface area contributed by atoms with E-state index in [4.69, 9.17) is 0 Å². The van der Waals surface area contributed by atoms with Crippen LogP contribution in [0.4, 0.5) is 0 Å². The topological polar surface area (TPSA) is 30.2 Å². The van der Waals surface area contributed by atoms with Crippen LogP contribution in [0.3, 0.4) is 0 Å². The van der Waals surface area contributed by atoms with Crippen molar-refractivity contribution in [3.63, 3.8) is 0 Å². The lowest BCUT2D eigenvalue weighted by Gasteiger charge is -2.05. The van der Waals surface area contributed by atoms with Crippen LogP contribution in [0.15, 0.2) is 11.2 Å². The Morgan fingerprint density at radius 3 is 3.56 bits per heavy atom. The summed E-state index contributed by atoms with van der Waals surface area (Å²) in [7, 11) is 0. The highest BCUT2D eigenvalue weighted by Gasteiger charge is 2.01. The molecule has 0 saturated heterocycles. The van der Waals surface area contributed by atoms with Gasteiger partial charge in [-0.25, -0.2) is 4.98 Å². The molecule has 1 aliphatic heterocycles. The molecule has 0 atom stereocenters. The molecule has 0 saturated carbocycles. The van der Waals surface area contributed by atoms with E-state index in [0.29, 0.717) is 0 Å². The van der Waals surface area contributed by atoms with Gasteiger partial charge in [0.2, 0.25) is 0 Å². The standard InChI is InChI=1S/C6H6N3/c1-3-9-4-2-8-6(9)5-7-1/h4-5H,1,3H2. The van der Waals surface area contributed by atoms with Gasteiger partial charge in [0.25, 0.3) is 0 Å². The molecule has 1 aromatic heterocycles. The highest BCUT2D eigenvalue weighted by atomic mass is 15.1. The second-order valence-electron chi connectivity index (χ2n) is 1.96. The van der Waals surface area contributed by atoms with Crippen molar-refractivity contribution in [2.24, 2.45) is 4.99 Å². The van der Waals surface area contributed by atoms with Crippen LogP contribution in [0.25, 0.3) is 0 Å². The third-order valence-electron chi connectivity index (χ3n) is 1.36. The smallest absolute Gasteiger partial charge is 0.151 e. The van der Waals surface area contributed by atoms with Gasteiger partial charge in [0, 0.05) is 12.7 Å². The Morgan fingerprint density at radius 2 is 2.67 bits per heavy atom. The molecule has 1 aromatic rings. The molecule has 1 aliphatic rings. The summed E-state index contributed by atoms with van der Waals surface area (Å²) in [6.45, 7) is 1.82. The Balaban J connectivity index is 2.53. The number of nitrogens with zero attached hydrogens (tertiary/aromatic N) is 3. The first kappa shape index (κ1) is 4.73. The van der Waals surface area contributed by atoms with Crippen molar-refractivity contribution in [1.82, 2.24) is 9.55 Å². The van der Waals surface area contributed by atoms with Gasteiger partial charge >= 0.3 is 0 Å². The third kappa shape index (κ3) is 0.650. The van der Waals surface area contributed by atoms with Crippen LogP contribution >= 0.6 is 0 Å². The molecule has 0 spiro atoms. The maximum atomic E-state index is 4.06. The zero-order valence-electron chi connectivity index (χ0n) is 4.91. The van der Waals surface area contributed by atoms with Gasteiger partial charge in [-0.15, -0.1) is 0 Å². The highest BCUT2D eigenvalue weighted by molar-refractivity contribution is 5.75. The molecular formula is C6H6N3. The fourth-order valence-corrected chi connectivity index (χ4v) is 0.889. The second kappa shape index (κ2) is 1.69. The molecule has 1 radical (unpaired) electrons. The van der Waals surface area contributed by atoms with Crippen LogP contribution in [0.5, 0.6) is 0 Å². The summed E-state index contributed by atoms with van der Waals surface area (Å²) in [6, 6.07) is 0. The van der Waals surface area contributed by atoms with E-state index in [0.717, 1.165) is 18.9 Å². The van der Waals surface area contributed by atoms with Crippen LogP contribution in [0.2, 0.25) is 0 Å². The van der Waals surface area contributed by atoms with E-state index in [2.05, 4.69) is 16.2 Å². The number of aliphatic imine (C=N–C) groups is 1. The van der Waals surface area contributed by atoms with Crippen molar-refractivity contribution in [3.05, 3.63) is 18.2 Å². The normalized spacial score (nSPS) is 15.6. The van der Waals surface area contributed by atoms with E-state index in [-0.39, 0.29) is 0 Å². The van der Waals surface area contributed by atoms with Gasteiger partial charge in [-0.3, -0.25) is 4.99 Å². The molecule has 0 amide bonds. The predicted octanol–water partition coefficient (Wildman–Crippen LogP) is 0.116. The van der Waals surface area contributed by atoms with Crippen molar-refractivity contribution in [1.29, 1.82) is 0 Å². The van der Waals surface area contributed by atoms with E-state index < -0.39 is 0 Å². The number of hydrogen-bond donors (Lipinski definition) is 0. The number of hydrogen-bond acceptors (Lipinski definition) is 2. The Morgan fingerprint density at radius 1 is 1.67 bits per heavy atom. The van der Waals surface area contributed by atoms with Crippen molar-refractivity contribution < 1.29 is 0 Å². The molecule has 0 aromatic carbocycles. The molecular weight excluding hydrogens is 114 g/mol. The summed E-state index contributed by atoms with van der Waals surface area (Å²) in [6.07, 6.45) is 6.39. The van der Waals surface area contributed by atoms with Crippen LogP contribution in [0, 0.1) is 6.20 Å². The van der Waals surface area contributed by atoms with Gasteiger partial charge in [-0.05, 0) is 0 Å². The Hall–Kier alpha value is -1.12. The zero-order valence-corrected chi connectivity index (χ0v) is 4.91. The van der Waals surface area contributed by atoms with Gasteiger partial charge in [0.1, 0.15) is 6.20 Å². The highest BCUT2D eigenvalue weighted by Crippen LogP contribution is 1.97. The molecule has 3 heteroatoms. The fraction of sp³-hybridized carbons (Fsp3) is 0.333. The molecule has 2 rings (SSSR count). The molecule has 0 fully saturated rings. The van der Waals surface area contributed by atoms with Gasteiger partial charge in [-0.2, -0.15) is 0 Å². The van der Waals surface area contributed by atoms with Crippen LogP contribution in [-0.4, -0.2) is 22.3 Å². The lowest BCUT2D eigenvalue weighted by molar-refractivity contribution is 0.687. The number of imidazole rings is 1. The van der Waals surface area contributed by atoms with Crippen molar-refractivity contribution in [2.45, 2.75) is 6.54 Å². The molecule has 0 unspecified atom stereocenters. The number of rotatable bonds is 0. The Kier molecular flexibility index (Phi) is 0.886. The largest absolute Gasteiger partial charge is 0.328 e. The summed E-state index contributed by atoms with van der Waals surface area (Å²) < 4.78 is 2.03. The second-order valence-corrected chi connectivity index (χ2v) is 1.96. The van der Waals surface area contributed by atoms with E-state index in [1.807, 2.05) is 10.8 Å². The fourth-order valence-electron chi connectivity index (χ4n) is 0.889. The van der Waals surface area contributed by atoms with Crippen LogP contribution in [0.1, 0.15) is 5.82 Å². The van der Waals surface area contributed by atoms with Gasteiger partial charge in [0.05, 0.1) is 12.8 Å². The minimum atomic E-state index is 0.872. The average molecular weight is 120 g/mol. The quantitative estimate of drug-likeness (QED) is 0.478. The first-order valence-corrected chi connectivity index (χ1v) is 2.90. The third-order valence-corrected chi connectivity index (χ3v) is 1.36. The van der Waals surface area contributed by atoms with Crippen molar-refractivity contribution in [3.8, 4) is 0 Å². The van der Waals surface area contributed by atoms with Crippen molar-refractivity contribution in [2.75, 3.05) is 6.54 Å². The molecule has 0 N–H and O–H groups in total. The maximum absolute atomic E-state index is 4.06. The zero-order chi connectivity index (χ0) is 6.10. The van der Waals surface area contributed by atoms with E-state index in [1.54, 1.807) is 6.21 Å². The first-order valence-electron chi connectivity index (χ1n) is 2.90. The number of fused-ring (bicyclic) bond motifs is 1. The summed E-state index contributed by atoms with van der Waals surface area (Å²) in [5, 5.41) is 0. The molecule has 0 bridgehead atoms.